The molecule has 1 aromatic heterocycles. The van der Waals surface area contributed by atoms with Crippen molar-refractivity contribution in [2.45, 2.75) is 39.0 Å². The molecule has 0 fully saturated rings. The maximum atomic E-state index is 12.2. The van der Waals surface area contributed by atoms with Gasteiger partial charge in [-0.1, -0.05) is 6.42 Å². The van der Waals surface area contributed by atoms with E-state index in [0.717, 1.165) is 25.7 Å². The van der Waals surface area contributed by atoms with Crippen LogP contribution in [0.3, 0.4) is 0 Å². The van der Waals surface area contributed by atoms with Gasteiger partial charge in [0.1, 0.15) is 4.88 Å². The number of rotatable bonds is 5. The number of ether oxygens (including phenoxy) is 1. The number of amides is 2. The summed E-state index contributed by atoms with van der Waals surface area (Å²) in [4.78, 5) is 37.0. The minimum Gasteiger partial charge on any atom is -0.451 e. The molecule has 0 radical (unpaired) electrons. The largest absolute Gasteiger partial charge is 0.451 e. The molecule has 0 saturated heterocycles. The van der Waals surface area contributed by atoms with Crippen LogP contribution in [0.5, 0.6) is 0 Å². The van der Waals surface area contributed by atoms with Gasteiger partial charge in [-0.25, -0.2) is 4.79 Å². The minimum atomic E-state index is -0.454. The van der Waals surface area contributed by atoms with Crippen LogP contribution in [-0.2, 0) is 27.2 Å². The zero-order valence-electron chi connectivity index (χ0n) is 15.2. The topological polar surface area (TPSA) is 84.5 Å². The standard InChI is InChI=1S/C20H22N2O4S/c1-13(23)21-15-7-9-16(10-8-15)22-19(24)12-26-20(25)18-11-14-5-3-2-4-6-17(14)27-18/h7-11H,2-6,12H2,1H3,(H,21,23)(H,22,24). The first-order valence-electron chi connectivity index (χ1n) is 8.97. The molecule has 3 rings (SSSR count). The van der Waals surface area contributed by atoms with Crippen LogP contribution in [0, 0.1) is 0 Å². The fraction of sp³-hybridized carbons (Fsp3) is 0.350. The molecule has 0 unspecified atom stereocenters. The zero-order valence-corrected chi connectivity index (χ0v) is 16.0. The second kappa shape index (κ2) is 8.81. The van der Waals surface area contributed by atoms with Crippen LogP contribution in [0.25, 0.3) is 0 Å². The number of benzene rings is 1. The Kier molecular flexibility index (Phi) is 6.24. The lowest BCUT2D eigenvalue weighted by atomic mass is 10.1. The second-order valence-electron chi connectivity index (χ2n) is 6.50. The fourth-order valence-corrected chi connectivity index (χ4v) is 4.15. The molecule has 6 nitrogen and oxygen atoms in total. The van der Waals surface area contributed by atoms with Crippen molar-refractivity contribution in [2.75, 3.05) is 17.2 Å². The summed E-state index contributed by atoms with van der Waals surface area (Å²) >= 11 is 1.48. The van der Waals surface area contributed by atoms with Gasteiger partial charge >= 0.3 is 5.97 Å². The van der Waals surface area contributed by atoms with Crippen LogP contribution in [0.2, 0.25) is 0 Å². The monoisotopic (exact) mass is 386 g/mol. The van der Waals surface area contributed by atoms with Gasteiger partial charge in [-0.2, -0.15) is 0 Å². The molecule has 0 aliphatic heterocycles. The normalized spacial score (nSPS) is 13.2. The van der Waals surface area contributed by atoms with Crippen LogP contribution in [0.15, 0.2) is 30.3 Å². The predicted molar refractivity (Wildman–Crippen MR) is 105 cm³/mol. The quantitative estimate of drug-likeness (QED) is 0.605. The average molecular weight is 386 g/mol. The van der Waals surface area contributed by atoms with Gasteiger partial charge < -0.3 is 15.4 Å². The summed E-state index contributed by atoms with van der Waals surface area (Å²) in [5, 5.41) is 5.31. The number of nitrogens with one attached hydrogen (secondary N) is 2. The van der Waals surface area contributed by atoms with Gasteiger partial charge in [-0.3, -0.25) is 9.59 Å². The van der Waals surface area contributed by atoms with Gasteiger partial charge in [0.25, 0.3) is 5.91 Å². The van der Waals surface area contributed by atoms with E-state index in [4.69, 9.17) is 4.74 Å². The van der Waals surface area contributed by atoms with Crippen LogP contribution >= 0.6 is 11.3 Å². The molecule has 0 bridgehead atoms. The number of carbonyl (C=O) groups excluding carboxylic acids is 3. The Balaban J connectivity index is 1.50. The summed E-state index contributed by atoms with van der Waals surface area (Å²) < 4.78 is 5.15. The maximum Gasteiger partial charge on any atom is 0.348 e. The number of esters is 1. The van der Waals surface area contributed by atoms with E-state index in [1.54, 1.807) is 24.3 Å². The Morgan fingerprint density at radius 3 is 2.37 bits per heavy atom. The predicted octanol–water partition coefficient (Wildman–Crippen LogP) is 3.77. The minimum absolute atomic E-state index is 0.162. The summed E-state index contributed by atoms with van der Waals surface area (Å²) in [5.74, 6) is -1.03. The molecular formula is C20H22N2O4S. The van der Waals surface area contributed by atoms with E-state index < -0.39 is 11.9 Å². The van der Waals surface area contributed by atoms with Crippen molar-refractivity contribution in [1.29, 1.82) is 0 Å². The van der Waals surface area contributed by atoms with Crippen LogP contribution in [0.4, 0.5) is 11.4 Å². The van der Waals surface area contributed by atoms with Gasteiger partial charge in [0.15, 0.2) is 6.61 Å². The molecule has 1 heterocycles. The molecule has 142 valence electrons. The molecule has 1 aliphatic carbocycles. The number of hydrogen-bond acceptors (Lipinski definition) is 5. The molecule has 2 aromatic rings. The van der Waals surface area contributed by atoms with Crippen LogP contribution < -0.4 is 10.6 Å². The zero-order chi connectivity index (χ0) is 19.2. The molecule has 0 saturated carbocycles. The summed E-state index contributed by atoms with van der Waals surface area (Å²) in [6.45, 7) is 1.09. The number of carbonyl (C=O) groups is 3. The Hall–Kier alpha value is -2.67. The summed E-state index contributed by atoms with van der Waals surface area (Å²) in [6.07, 6.45) is 5.57. The Labute approximate surface area is 161 Å². The lowest BCUT2D eigenvalue weighted by molar-refractivity contribution is -0.119. The summed E-state index contributed by atoms with van der Waals surface area (Å²) in [6, 6.07) is 8.61. The maximum absolute atomic E-state index is 12.2. The SMILES string of the molecule is CC(=O)Nc1ccc(NC(=O)COC(=O)c2cc3c(s2)CCCCC3)cc1. The Morgan fingerprint density at radius 1 is 1.00 bits per heavy atom. The molecule has 2 amide bonds. The lowest BCUT2D eigenvalue weighted by Gasteiger charge is -2.07. The average Bonchev–Trinajstić information content (AvgIpc) is 2.92. The molecule has 1 aliphatic rings. The number of aryl methyl sites for hydroxylation is 2. The van der Waals surface area contributed by atoms with Crippen molar-refractivity contribution in [2.24, 2.45) is 0 Å². The molecule has 7 heteroatoms. The summed E-state index contributed by atoms with van der Waals surface area (Å²) in [5.41, 5.74) is 2.45. The lowest BCUT2D eigenvalue weighted by Crippen LogP contribution is -2.20. The van der Waals surface area contributed by atoms with Gasteiger partial charge in [0.2, 0.25) is 5.91 Å². The third kappa shape index (κ3) is 5.40. The number of hydrogen-bond donors (Lipinski definition) is 2. The Bertz CT molecular complexity index is 819. The highest BCUT2D eigenvalue weighted by molar-refractivity contribution is 7.14. The van der Waals surface area contributed by atoms with Gasteiger partial charge in [0.05, 0.1) is 0 Å². The summed E-state index contributed by atoms with van der Waals surface area (Å²) in [7, 11) is 0. The molecule has 0 spiro atoms. The molecule has 27 heavy (non-hydrogen) atoms. The van der Waals surface area contributed by atoms with E-state index in [0.29, 0.717) is 16.3 Å². The highest BCUT2D eigenvalue weighted by Crippen LogP contribution is 2.29. The Morgan fingerprint density at radius 2 is 1.67 bits per heavy atom. The van der Waals surface area contributed by atoms with Gasteiger partial charge in [-0.05, 0) is 61.6 Å². The third-order valence-electron chi connectivity index (χ3n) is 4.27. The molecular weight excluding hydrogens is 364 g/mol. The smallest absolute Gasteiger partial charge is 0.348 e. The van der Waals surface area contributed by atoms with Crippen molar-refractivity contribution in [3.8, 4) is 0 Å². The molecule has 0 atom stereocenters. The highest BCUT2D eigenvalue weighted by Gasteiger charge is 2.18. The van der Waals surface area contributed by atoms with E-state index in [9.17, 15) is 14.4 Å². The first kappa shape index (κ1) is 19.1. The van der Waals surface area contributed by atoms with Gasteiger partial charge in [-0.15, -0.1) is 11.3 Å². The molecule has 2 N–H and O–H groups in total. The fourth-order valence-electron chi connectivity index (χ4n) is 3.01. The second-order valence-corrected chi connectivity index (χ2v) is 7.64. The van der Waals surface area contributed by atoms with Crippen LogP contribution in [0.1, 0.15) is 46.3 Å². The number of fused-ring (bicyclic) bond motifs is 1. The highest BCUT2D eigenvalue weighted by atomic mass is 32.1. The number of anilines is 2. The van der Waals surface area contributed by atoms with E-state index in [1.807, 2.05) is 6.07 Å². The van der Waals surface area contributed by atoms with E-state index in [1.165, 1.54) is 35.1 Å². The third-order valence-corrected chi connectivity index (χ3v) is 5.49. The van der Waals surface area contributed by atoms with Crippen molar-refractivity contribution in [3.63, 3.8) is 0 Å². The van der Waals surface area contributed by atoms with Gasteiger partial charge in [0, 0.05) is 23.2 Å². The number of thiophene rings is 1. The van der Waals surface area contributed by atoms with E-state index in [-0.39, 0.29) is 12.5 Å². The van der Waals surface area contributed by atoms with Crippen molar-refractivity contribution in [3.05, 3.63) is 45.6 Å². The van der Waals surface area contributed by atoms with E-state index in [2.05, 4.69) is 10.6 Å². The molecule has 1 aromatic carbocycles. The first-order chi connectivity index (χ1) is 13.0. The van der Waals surface area contributed by atoms with Crippen molar-refractivity contribution < 1.29 is 19.1 Å². The van der Waals surface area contributed by atoms with Crippen molar-refractivity contribution >= 4 is 40.5 Å². The first-order valence-corrected chi connectivity index (χ1v) is 9.79. The van der Waals surface area contributed by atoms with Crippen LogP contribution in [-0.4, -0.2) is 24.4 Å². The van der Waals surface area contributed by atoms with E-state index >= 15 is 0 Å². The van der Waals surface area contributed by atoms with Crippen molar-refractivity contribution in [1.82, 2.24) is 0 Å².